The second kappa shape index (κ2) is 6.93. The lowest BCUT2D eigenvalue weighted by molar-refractivity contribution is -0.126. The van der Waals surface area contributed by atoms with Crippen LogP contribution >= 0.6 is 0 Å². The lowest BCUT2D eigenvalue weighted by Crippen LogP contribution is -2.59. The summed E-state index contributed by atoms with van der Waals surface area (Å²) in [4.78, 5) is 14.3. The number of nitrogens with zero attached hydrogens (tertiary/aromatic N) is 1. The van der Waals surface area contributed by atoms with Crippen LogP contribution in [-0.2, 0) is 4.79 Å². The molecule has 3 rings (SSSR count). The zero-order chi connectivity index (χ0) is 16.1. The number of carbonyl (C=O) groups is 1. The summed E-state index contributed by atoms with van der Waals surface area (Å²) in [6.07, 6.45) is 9.64. The molecule has 0 saturated carbocycles. The molecule has 0 bridgehead atoms. The van der Waals surface area contributed by atoms with Crippen molar-refractivity contribution < 1.29 is 4.79 Å². The molecule has 2 atom stereocenters. The molecule has 114 valence electrons. The Morgan fingerprint density at radius 1 is 0.913 bits per heavy atom. The summed E-state index contributed by atoms with van der Waals surface area (Å²) < 4.78 is 0. The number of β-lactam (4-membered cyclic amide) rings is 1. The van der Waals surface area contributed by atoms with E-state index in [4.69, 9.17) is 0 Å². The molecule has 1 aliphatic heterocycles. The lowest BCUT2D eigenvalue weighted by Gasteiger charge is -2.44. The molecule has 23 heavy (non-hydrogen) atoms. The van der Waals surface area contributed by atoms with E-state index >= 15 is 0 Å². The van der Waals surface area contributed by atoms with Crippen molar-refractivity contribution in [3.05, 3.63) is 97.1 Å². The highest BCUT2D eigenvalue weighted by Crippen LogP contribution is 2.34. The number of hydrogen-bond acceptors (Lipinski definition) is 1. The fourth-order valence-electron chi connectivity index (χ4n) is 2.79. The maximum Gasteiger partial charge on any atom is 0.236 e. The first kappa shape index (κ1) is 15.0. The molecular formula is C21H19NO. The first-order valence-electron chi connectivity index (χ1n) is 7.72. The molecule has 0 spiro atoms. The van der Waals surface area contributed by atoms with Crippen LogP contribution in [0.3, 0.4) is 0 Å². The molecule has 0 unspecified atom stereocenters. The van der Waals surface area contributed by atoms with Crippen LogP contribution in [0.1, 0.15) is 5.56 Å². The maximum absolute atomic E-state index is 12.5. The third-order valence-corrected chi connectivity index (χ3v) is 3.96. The van der Waals surface area contributed by atoms with Crippen LogP contribution in [0.2, 0.25) is 0 Å². The molecule has 2 aromatic carbocycles. The fraction of sp³-hybridized carbons (Fsp3) is 0.0952. The highest BCUT2D eigenvalue weighted by atomic mass is 16.2. The average Bonchev–Trinajstić information content (AvgIpc) is 2.60. The molecule has 1 saturated heterocycles. The van der Waals surface area contributed by atoms with Gasteiger partial charge in [-0.3, -0.25) is 4.79 Å². The Labute approximate surface area is 137 Å². The van der Waals surface area contributed by atoms with Crippen LogP contribution in [0.5, 0.6) is 0 Å². The second-order valence-corrected chi connectivity index (χ2v) is 5.45. The zero-order valence-corrected chi connectivity index (χ0v) is 12.9. The van der Waals surface area contributed by atoms with Gasteiger partial charge in [0, 0.05) is 5.69 Å². The molecular weight excluding hydrogens is 282 g/mol. The number of para-hydroxylation sites is 1. The molecule has 0 aromatic heterocycles. The van der Waals surface area contributed by atoms with Crippen LogP contribution < -0.4 is 4.90 Å². The molecule has 1 heterocycles. The molecule has 1 aliphatic rings. The predicted molar refractivity (Wildman–Crippen MR) is 96.0 cm³/mol. The van der Waals surface area contributed by atoms with Crippen LogP contribution in [0.25, 0.3) is 6.08 Å². The first-order valence-corrected chi connectivity index (χ1v) is 7.72. The molecule has 1 amide bonds. The van der Waals surface area contributed by atoms with Gasteiger partial charge in [0.25, 0.3) is 0 Å². The van der Waals surface area contributed by atoms with Gasteiger partial charge < -0.3 is 4.90 Å². The van der Waals surface area contributed by atoms with E-state index in [2.05, 4.69) is 30.9 Å². The van der Waals surface area contributed by atoms with Crippen molar-refractivity contribution in [2.75, 3.05) is 4.90 Å². The number of allylic oxidation sites excluding steroid dienone is 2. The zero-order valence-electron chi connectivity index (χ0n) is 12.9. The van der Waals surface area contributed by atoms with Crippen molar-refractivity contribution in [2.45, 2.75) is 6.04 Å². The highest BCUT2D eigenvalue weighted by Gasteiger charge is 2.44. The number of amides is 1. The SMILES string of the molecule is C=C/C=C/[C@H]1C(=O)N(c2ccccc2)[C@H]1/C=C/c1ccccc1. The molecule has 0 radical (unpaired) electrons. The predicted octanol–water partition coefficient (Wildman–Crippen LogP) is 4.47. The summed E-state index contributed by atoms with van der Waals surface area (Å²) in [6.45, 7) is 3.68. The van der Waals surface area contributed by atoms with Crippen molar-refractivity contribution in [2.24, 2.45) is 5.92 Å². The molecule has 0 N–H and O–H groups in total. The van der Waals surface area contributed by atoms with Gasteiger partial charge >= 0.3 is 0 Å². The third kappa shape index (κ3) is 3.16. The Morgan fingerprint density at radius 3 is 2.22 bits per heavy atom. The monoisotopic (exact) mass is 301 g/mol. The Bertz CT molecular complexity index is 731. The molecule has 2 aromatic rings. The van der Waals surface area contributed by atoms with Crippen molar-refractivity contribution >= 4 is 17.7 Å². The van der Waals surface area contributed by atoms with Crippen LogP contribution in [0, 0.1) is 5.92 Å². The van der Waals surface area contributed by atoms with Crippen LogP contribution in [-0.4, -0.2) is 11.9 Å². The first-order chi connectivity index (χ1) is 11.3. The van der Waals surface area contributed by atoms with E-state index in [1.807, 2.05) is 65.6 Å². The van der Waals surface area contributed by atoms with Gasteiger partial charge in [-0.05, 0) is 17.7 Å². The number of anilines is 1. The van der Waals surface area contributed by atoms with Crippen molar-refractivity contribution in [1.82, 2.24) is 0 Å². The maximum atomic E-state index is 12.5. The van der Waals surface area contributed by atoms with Gasteiger partial charge in [-0.25, -0.2) is 0 Å². The summed E-state index contributed by atoms with van der Waals surface area (Å²) in [5, 5.41) is 0. The number of benzene rings is 2. The number of carbonyl (C=O) groups excluding carboxylic acids is 1. The van der Waals surface area contributed by atoms with Crippen LogP contribution in [0.15, 0.2) is 91.5 Å². The topological polar surface area (TPSA) is 20.3 Å². The van der Waals surface area contributed by atoms with Gasteiger partial charge in [0.15, 0.2) is 0 Å². The Morgan fingerprint density at radius 2 is 1.57 bits per heavy atom. The molecule has 2 nitrogen and oxygen atoms in total. The van der Waals surface area contributed by atoms with E-state index in [1.54, 1.807) is 6.08 Å². The van der Waals surface area contributed by atoms with Gasteiger partial charge in [-0.1, -0.05) is 85.5 Å². The van der Waals surface area contributed by atoms with Crippen molar-refractivity contribution in [3.8, 4) is 0 Å². The summed E-state index contributed by atoms with van der Waals surface area (Å²) in [6, 6.07) is 19.9. The van der Waals surface area contributed by atoms with Gasteiger partial charge in [-0.2, -0.15) is 0 Å². The average molecular weight is 301 g/mol. The summed E-state index contributed by atoms with van der Waals surface area (Å²) in [5.74, 6) is -0.00909. The fourth-order valence-corrected chi connectivity index (χ4v) is 2.79. The van der Waals surface area contributed by atoms with E-state index in [0.717, 1.165) is 11.3 Å². The normalized spacial score (nSPS) is 20.9. The minimum absolute atomic E-state index is 0.0290. The van der Waals surface area contributed by atoms with Gasteiger partial charge in [0.1, 0.15) is 0 Å². The van der Waals surface area contributed by atoms with Gasteiger partial charge in [0.05, 0.1) is 12.0 Å². The summed E-state index contributed by atoms with van der Waals surface area (Å²) >= 11 is 0. The van der Waals surface area contributed by atoms with Gasteiger partial charge in [-0.15, -0.1) is 0 Å². The summed E-state index contributed by atoms with van der Waals surface area (Å²) in [7, 11) is 0. The lowest BCUT2D eigenvalue weighted by atomic mass is 9.85. The Hall–Kier alpha value is -2.87. The third-order valence-electron chi connectivity index (χ3n) is 3.96. The molecule has 1 fully saturated rings. The van der Waals surface area contributed by atoms with E-state index in [1.165, 1.54) is 0 Å². The Kier molecular flexibility index (Phi) is 4.53. The highest BCUT2D eigenvalue weighted by molar-refractivity contribution is 6.05. The van der Waals surface area contributed by atoms with Crippen molar-refractivity contribution in [1.29, 1.82) is 0 Å². The van der Waals surface area contributed by atoms with E-state index in [9.17, 15) is 4.79 Å². The minimum Gasteiger partial charge on any atom is -0.304 e. The number of hydrogen-bond donors (Lipinski definition) is 0. The molecule has 0 aliphatic carbocycles. The standard InChI is InChI=1S/C21H19NO/c1-2-3-14-19-20(16-15-17-10-6-4-7-11-17)22(21(19)23)18-12-8-5-9-13-18/h2-16,19-20H,1H2/b14-3+,16-15+/t19-,20+/m1/s1. The van der Waals surface area contributed by atoms with E-state index in [-0.39, 0.29) is 17.9 Å². The second-order valence-electron chi connectivity index (χ2n) is 5.45. The van der Waals surface area contributed by atoms with E-state index in [0.29, 0.717) is 0 Å². The van der Waals surface area contributed by atoms with Crippen molar-refractivity contribution in [3.63, 3.8) is 0 Å². The summed E-state index contributed by atoms with van der Waals surface area (Å²) in [5.41, 5.74) is 2.06. The molecule has 2 heteroatoms. The quantitative estimate of drug-likeness (QED) is 0.589. The van der Waals surface area contributed by atoms with Crippen LogP contribution in [0.4, 0.5) is 5.69 Å². The van der Waals surface area contributed by atoms with E-state index < -0.39 is 0 Å². The number of rotatable bonds is 5. The largest absolute Gasteiger partial charge is 0.304 e. The smallest absolute Gasteiger partial charge is 0.236 e. The van der Waals surface area contributed by atoms with Gasteiger partial charge in [0.2, 0.25) is 5.91 Å². The minimum atomic E-state index is -0.131. The Balaban J connectivity index is 1.87.